The predicted molar refractivity (Wildman–Crippen MR) is 248 cm³/mol. The molecule has 1 rings (SSSR count). The second kappa shape index (κ2) is 40.6. The smallest absolute Gasteiger partial charge is 0.397 e. The molecule has 0 aromatic rings. The Kier molecular flexibility index (Phi) is 38.0. The molecule has 0 amide bonds. The number of unbranched alkanes of at least 4 members (excludes halogenated alkanes) is 21. The molecule has 0 radical (unpaired) electrons. The molecule has 12 nitrogen and oxygen atoms in total. The van der Waals surface area contributed by atoms with Gasteiger partial charge in [-0.25, -0.2) is 4.18 Å². The van der Waals surface area contributed by atoms with Gasteiger partial charge in [0.2, 0.25) is 0 Å². The Morgan fingerprint density at radius 1 is 0.629 bits per heavy atom. The van der Waals surface area contributed by atoms with E-state index in [2.05, 4.69) is 66.6 Å². The number of rotatable bonds is 42. The van der Waals surface area contributed by atoms with Gasteiger partial charge in [0.25, 0.3) is 0 Å². The van der Waals surface area contributed by atoms with Crippen LogP contribution in [-0.4, -0.2) is 97.5 Å². The van der Waals surface area contributed by atoms with Crippen molar-refractivity contribution in [2.24, 2.45) is 0 Å². The fourth-order valence-corrected chi connectivity index (χ4v) is 7.82. The number of carbonyl (C=O) groups is 1. The van der Waals surface area contributed by atoms with Gasteiger partial charge in [0.05, 0.1) is 19.8 Å². The third kappa shape index (κ3) is 33.6. The van der Waals surface area contributed by atoms with Crippen molar-refractivity contribution >= 4 is 16.4 Å². The summed E-state index contributed by atoms with van der Waals surface area (Å²) in [4.78, 5) is 12.8. The third-order valence-electron chi connectivity index (χ3n) is 11.0. The largest absolute Gasteiger partial charge is 0.457 e. The Hall–Kier alpha value is -1.94. The number of aliphatic hydroxyl groups is 3. The van der Waals surface area contributed by atoms with Crippen molar-refractivity contribution in [2.75, 3.05) is 26.4 Å². The first kappa shape index (κ1) is 58.1. The molecule has 0 saturated carbocycles. The highest BCUT2D eigenvalue weighted by Crippen LogP contribution is 2.26. The summed E-state index contributed by atoms with van der Waals surface area (Å²) in [6, 6.07) is 0. The number of carbonyl (C=O) groups excluding carboxylic acids is 1. The van der Waals surface area contributed by atoms with Crippen molar-refractivity contribution in [2.45, 2.75) is 230 Å². The molecule has 1 saturated heterocycles. The molecule has 0 spiro atoms. The lowest BCUT2D eigenvalue weighted by molar-refractivity contribution is -0.301. The average Bonchev–Trinajstić information content (AvgIpc) is 3.24. The van der Waals surface area contributed by atoms with Crippen LogP contribution in [0.2, 0.25) is 0 Å². The summed E-state index contributed by atoms with van der Waals surface area (Å²) in [6.45, 7) is 3.85. The van der Waals surface area contributed by atoms with Crippen molar-refractivity contribution in [3.63, 3.8) is 0 Å². The second-order valence-corrected chi connectivity index (χ2v) is 17.7. The molecule has 6 atom stereocenters. The summed E-state index contributed by atoms with van der Waals surface area (Å²) in [6.07, 6.45) is 40.3. The normalized spacial score (nSPS) is 20.4. The van der Waals surface area contributed by atoms with Crippen LogP contribution in [0.4, 0.5) is 0 Å². The summed E-state index contributed by atoms with van der Waals surface area (Å²) >= 11 is 0. The minimum Gasteiger partial charge on any atom is -0.457 e. The Labute approximate surface area is 376 Å². The summed E-state index contributed by atoms with van der Waals surface area (Å²) in [5.41, 5.74) is 0. The van der Waals surface area contributed by atoms with Crippen LogP contribution < -0.4 is 0 Å². The maximum Gasteiger partial charge on any atom is 0.397 e. The van der Waals surface area contributed by atoms with E-state index < -0.39 is 59.8 Å². The zero-order valence-electron chi connectivity index (χ0n) is 38.7. The maximum absolute atomic E-state index is 12.8. The molecule has 13 heteroatoms. The van der Waals surface area contributed by atoms with Gasteiger partial charge < -0.3 is 34.3 Å². The highest BCUT2D eigenvalue weighted by atomic mass is 32.3. The quantitative estimate of drug-likeness (QED) is 0.0198. The van der Waals surface area contributed by atoms with Crippen LogP contribution >= 0.6 is 0 Å². The highest BCUT2D eigenvalue weighted by molar-refractivity contribution is 7.80. The Morgan fingerprint density at radius 2 is 1.11 bits per heavy atom. The summed E-state index contributed by atoms with van der Waals surface area (Å²) in [5, 5.41) is 30.6. The molecular formula is C49H88O12S. The van der Waals surface area contributed by atoms with Gasteiger partial charge in [0.15, 0.2) is 6.29 Å². The van der Waals surface area contributed by atoms with E-state index in [4.69, 9.17) is 23.5 Å². The molecule has 0 aliphatic carbocycles. The summed E-state index contributed by atoms with van der Waals surface area (Å²) in [7, 11) is -5.06. The number of hydrogen-bond donors (Lipinski definition) is 4. The van der Waals surface area contributed by atoms with Crippen LogP contribution in [0.5, 0.6) is 0 Å². The molecule has 0 aromatic carbocycles. The Morgan fingerprint density at radius 3 is 1.63 bits per heavy atom. The number of esters is 1. The molecule has 362 valence electrons. The number of allylic oxidation sites excluding steroid dienone is 8. The van der Waals surface area contributed by atoms with Gasteiger partial charge in [-0.2, -0.15) is 8.42 Å². The maximum atomic E-state index is 12.8. The molecule has 1 heterocycles. The minimum absolute atomic E-state index is 0.0363. The molecular weight excluding hydrogens is 813 g/mol. The Bertz CT molecular complexity index is 1270. The standard InChI is InChI=1S/C49H88O12S/c1-3-5-7-9-11-13-14-15-16-17-18-19-20-21-22-23-24-25-26-27-28-29-31-33-35-37-39-57-41-43(59-45(51)38-36-34-32-30-12-10-8-6-4-2)42-58-49-47(53)48(61-62(54,55)56)46(52)44(40-50)60-49/h5,7,11,13,15-16,18-19,43-44,46-50,52-53H,3-4,6,8-10,12,14,17,20-42H2,1-2H3,(H,54,55,56)/b7-5-,13-11-,16-15-,19-18-. The van der Waals surface area contributed by atoms with Crippen molar-refractivity contribution in [1.29, 1.82) is 0 Å². The van der Waals surface area contributed by atoms with Crippen LogP contribution in [-0.2, 0) is 38.3 Å². The van der Waals surface area contributed by atoms with Gasteiger partial charge in [-0.05, 0) is 51.4 Å². The van der Waals surface area contributed by atoms with Crippen LogP contribution in [0.25, 0.3) is 0 Å². The van der Waals surface area contributed by atoms with Gasteiger partial charge in [-0.15, -0.1) is 0 Å². The first-order chi connectivity index (χ1) is 30.1. The zero-order valence-corrected chi connectivity index (χ0v) is 39.5. The van der Waals surface area contributed by atoms with Gasteiger partial charge in [-0.3, -0.25) is 9.35 Å². The van der Waals surface area contributed by atoms with Crippen molar-refractivity contribution in [1.82, 2.24) is 0 Å². The second-order valence-electron chi connectivity index (χ2n) is 16.7. The Balaban J connectivity index is 2.26. The lowest BCUT2D eigenvalue weighted by Gasteiger charge is -2.41. The van der Waals surface area contributed by atoms with Crippen molar-refractivity contribution < 1.29 is 56.2 Å². The van der Waals surface area contributed by atoms with Crippen molar-refractivity contribution in [3.05, 3.63) is 48.6 Å². The van der Waals surface area contributed by atoms with E-state index in [9.17, 15) is 28.5 Å². The molecule has 1 aliphatic heterocycles. The topological polar surface area (TPSA) is 178 Å². The van der Waals surface area contributed by atoms with Gasteiger partial charge in [0, 0.05) is 13.0 Å². The average molecular weight is 901 g/mol. The molecule has 6 unspecified atom stereocenters. The van der Waals surface area contributed by atoms with Crippen LogP contribution in [0.15, 0.2) is 48.6 Å². The van der Waals surface area contributed by atoms with E-state index in [0.717, 1.165) is 64.2 Å². The first-order valence-electron chi connectivity index (χ1n) is 24.4. The number of aliphatic hydroxyl groups excluding tert-OH is 3. The SMILES string of the molecule is CC/C=C\C/C=C\C/C=C\C/C=C\CCCCCCCCCCCCCCCOCC(COC1OC(CO)C(O)C(OS(=O)(=O)O)C1O)OC(=O)CCCCCCCCCCC. The highest BCUT2D eigenvalue weighted by Gasteiger charge is 2.48. The number of hydrogen-bond acceptors (Lipinski definition) is 11. The predicted octanol–water partition coefficient (Wildman–Crippen LogP) is 10.7. The third-order valence-corrected chi connectivity index (χ3v) is 11.4. The van der Waals surface area contributed by atoms with E-state index in [0.29, 0.717) is 13.0 Å². The van der Waals surface area contributed by atoms with E-state index in [1.165, 1.54) is 103 Å². The lowest BCUT2D eigenvalue weighted by Crippen LogP contribution is -2.60. The van der Waals surface area contributed by atoms with Gasteiger partial charge in [0.1, 0.15) is 30.5 Å². The monoisotopic (exact) mass is 901 g/mol. The van der Waals surface area contributed by atoms with Crippen molar-refractivity contribution in [3.8, 4) is 0 Å². The molecule has 1 fully saturated rings. The van der Waals surface area contributed by atoms with E-state index in [1.54, 1.807) is 0 Å². The first-order valence-corrected chi connectivity index (χ1v) is 25.8. The fourth-order valence-electron chi connectivity index (χ4n) is 7.31. The van der Waals surface area contributed by atoms with Crippen LogP contribution in [0.1, 0.15) is 194 Å². The molecule has 1 aliphatic rings. The van der Waals surface area contributed by atoms with E-state index in [-0.39, 0.29) is 19.6 Å². The van der Waals surface area contributed by atoms with Crippen LogP contribution in [0.3, 0.4) is 0 Å². The fraction of sp³-hybridized carbons (Fsp3) is 0.816. The van der Waals surface area contributed by atoms with Crippen LogP contribution in [0, 0.1) is 0 Å². The minimum atomic E-state index is -5.06. The molecule has 4 N–H and O–H groups in total. The summed E-state index contributed by atoms with van der Waals surface area (Å²) in [5.74, 6) is -0.403. The van der Waals surface area contributed by atoms with Gasteiger partial charge in [-0.1, -0.05) is 184 Å². The van der Waals surface area contributed by atoms with E-state index in [1.807, 2.05) is 0 Å². The zero-order chi connectivity index (χ0) is 45.4. The number of ether oxygens (including phenoxy) is 4. The van der Waals surface area contributed by atoms with E-state index >= 15 is 0 Å². The molecule has 0 aromatic heterocycles. The molecule has 0 bridgehead atoms. The lowest BCUT2D eigenvalue weighted by atomic mass is 9.99. The summed E-state index contributed by atoms with van der Waals surface area (Å²) < 4.78 is 59.0. The molecule has 62 heavy (non-hydrogen) atoms. The van der Waals surface area contributed by atoms with Gasteiger partial charge >= 0.3 is 16.4 Å².